The Morgan fingerprint density at radius 2 is 1.75 bits per heavy atom. The first-order chi connectivity index (χ1) is 15.3. The van der Waals surface area contributed by atoms with E-state index in [2.05, 4.69) is 5.32 Å². The topological polar surface area (TPSA) is 84.9 Å². The van der Waals surface area contributed by atoms with Crippen molar-refractivity contribution in [3.8, 4) is 11.5 Å². The first kappa shape index (κ1) is 24.1. The summed E-state index contributed by atoms with van der Waals surface area (Å²) < 4.78 is 37.7. The van der Waals surface area contributed by atoms with Crippen molar-refractivity contribution in [2.45, 2.75) is 44.0 Å². The molecule has 1 saturated heterocycles. The van der Waals surface area contributed by atoms with Gasteiger partial charge in [0.1, 0.15) is 11.5 Å². The molecule has 0 saturated carbocycles. The van der Waals surface area contributed by atoms with E-state index in [1.54, 1.807) is 31.4 Å². The lowest BCUT2D eigenvalue weighted by Crippen LogP contribution is -2.43. The number of carbonyl (C=O) groups is 1. The molecule has 1 amide bonds. The Balaban J connectivity index is 1.61. The molecule has 0 bridgehead atoms. The quantitative estimate of drug-likeness (QED) is 0.650. The molecule has 2 aromatic carbocycles. The van der Waals surface area contributed by atoms with E-state index in [1.165, 1.54) is 11.4 Å². The summed E-state index contributed by atoms with van der Waals surface area (Å²) in [5, 5.41) is 3.15. The van der Waals surface area contributed by atoms with Gasteiger partial charge in [-0.15, -0.1) is 0 Å². The number of amides is 1. The highest BCUT2D eigenvalue weighted by Crippen LogP contribution is 2.28. The van der Waals surface area contributed by atoms with Crippen molar-refractivity contribution >= 4 is 15.9 Å². The number of methoxy groups -OCH3 is 2. The minimum atomic E-state index is -3.58. The predicted octanol–water partition coefficient (Wildman–Crippen LogP) is 3.68. The third kappa shape index (κ3) is 5.24. The number of carbonyl (C=O) groups excluding carboxylic acids is 1. The van der Waals surface area contributed by atoms with E-state index in [0.717, 1.165) is 23.3 Å². The Labute approximate surface area is 190 Å². The molecule has 3 rings (SSSR count). The maximum Gasteiger partial charge on any atom is 0.243 e. The van der Waals surface area contributed by atoms with Crippen molar-refractivity contribution in [1.82, 2.24) is 9.62 Å². The second-order valence-electron chi connectivity index (χ2n) is 8.05. The molecule has 0 aromatic heterocycles. The standard InChI is InChI=1S/C24H32N2O5S/c1-5-22(19-6-11-23(31-4)17(2)16-19)25-24(27)18-12-14-26(15-13-18)32(28,29)21-9-7-20(30-3)8-10-21/h6-11,16,18,22H,5,12-15H2,1-4H3,(H,25,27)/t22-/m0/s1. The zero-order chi connectivity index (χ0) is 23.3. The molecular formula is C24H32N2O5S. The fraction of sp³-hybridized carbons (Fsp3) is 0.458. The van der Waals surface area contributed by atoms with Gasteiger partial charge in [0.05, 0.1) is 25.2 Å². The minimum Gasteiger partial charge on any atom is -0.497 e. The van der Waals surface area contributed by atoms with E-state index in [-0.39, 0.29) is 22.8 Å². The summed E-state index contributed by atoms with van der Waals surface area (Å²) in [4.78, 5) is 13.2. The van der Waals surface area contributed by atoms with Crippen LogP contribution >= 0.6 is 0 Å². The van der Waals surface area contributed by atoms with Gasteiger partial charge in [-0.25, -0.2) is 8.42 Å². The Hall–Kier alpha value is -2.58. The summed E-state index contributed by atoms with van der Waals surface area (Å²) >= 11 is 0. The molecule has 2 aromatic rings. The second-order valence-corrected chi connectivity index (χ2v) is 9.99. The number of ether oxygens (including phenoxy) is 2. The summed E-state index contributed by atoms with van der Waals surface area (Å²) in [6.45, 7) is 4.67. The van der Waals surface area contributed by atoms with Gasteiger partial charge < -0.3 is 14.8 Å². The van der Waals surface area contributed by atoms with Crippen molar-refractivity contribution in [3.63, 3.8) is 0 Å². The molecule has 0 radical (unpaired) electrons. The minimum absolute atomic E-state index is 0.0215. The second kappa shape index (κ2) is 10.4. The van der Waals surface area contributed by atoms with Crippen LogP contribution in [0.2, 0.25) is 0 Å². The van der Waals surface area contributed by atoms with E-state index in [1.807, 2.05) is 32.0 Å². The van der Waals surface area contributed by atoms with Gasteiger partial charge in [-0.05, 0) is 67.6 Å². The smallest absolute Gasteiger partial charge is 0.243 e. The molecule has 1 fully saturated rings. The molecule has 1 aliphatic heterocycles. The average molecular weight is 461 g/mol. The van der Waals surface area contributed by atoms with E-state index in [4.69, 9.17) is 9.47 Å². The van der Waals surface area contributed by atoms with Gasteiger partial charge in [-0.1, -0.05) is 19.1 Å². The summed E-state index contributed by atoms with van der Waals surface area (Å²) in [5.41, 5.74) is 2.06. The Morgan fingerprint density at radius 1 is 1.09 bits per heavy atom. The lowest BCUT2D eigenvalue weighted by molar-refractivity contribution is -0.126. The third-order valence-electron chi connectivity index (χ3n) is 6.07. The third-order valence-corrected chi connectivity index (χ3v) is 7.98. The first-order valence-corrected chi connectivity index (χ1v) is 12.3. The Bertz CT molecular complexity index is 1030. The van der Waals surface area contributed by atoms with Crippen molar-refractivity contribution in [1.29, 1.82) is 0 Å². The van der Waals surface area contributed by atoms with Gasteiger partial charge in [-0.3, -0.25) is 4.79 Å². The van der Waals surface area contributed by atoms with Gasteiger partial charge in [0, 0.05) is 19.0 Å². The summed E-state index contributed by atoms with van der Waals surface area (Å²) in [5.74, 6) is 1.20. The summed E-state index contributed by atoms with van der Waals surface area (Å²) in [7, 11) is -0.403. The van der Waals surface area contributed by atoms with Gasteiger partial charge in [-0.2, -0.15) is 4.31 Å². The highest BCUT2D eigenvalue weighted by atomic mass is 32.2. The van der Waals surface area contributed by atoms with Crippen LogP contribution in [0.3, 0.4) is 0 Å². The van der Waals surface area contributed by atoms with E-state index in [9.17, 15) is 13.2 Å². The van der Waals surface area contributed by atoms with E-state index >= 15 is 0 Å². The fourth-order valence-corrected chi connectivity index (χ4v) is 5.55. The van der Waals surface area contributed by atoms with E-state index in [0.29, 0.717) is 31.7 Å². The van der Waals surface area contributed by atoms with Gasteiger partial charge in [0.2, 0.25) is 15.9 Å². The highest BCUT2D eigenvalue weighted by molar-refractivity contribution is 7.89. The Kier molecular flexibility index (Phi) is 7.79. The Morgan fingerprint density at radius 3 is 2.28 bits per heavy atom. The molecule has 7 nitrogen and oxygen atoms in total. The van der Waals surface area contributed by atoms with E-state index < -0.39 is 10.0 Å². The van der Waals surface area contributed by atoms with Gasteiger partial charge in [0.25, 0.3) is 0 Å². The van der Waals surface area contributed by atoms with Gasteiger partial charge in [0.15, 0.2) is 0 Å². The number of nitrogens with one attached hydrogen (secondary N) is 1. The lowest BCUT2D eigenvalue weighted by Gasteiger charge is -2.31. The largest absolute Gasteiger partial charge is 0.497 e. The molecule has 1 aliphatic rings. The van der Waals surface area contributed by atoms with Crippen molar-refractivity contribution in [2.75, 3.05) is 27.3 Å². The van der Waals surface area contributed by atoms with Crippen LogP contribution in [-0.2, 0) is 14.8 Å². The van der Waals surface area contributed by atoms with Crippen LogP contribution in [0.5, 0.6) is 11.5 Å². The monoisotopic (exact) mass is 460 g/mol. The van der Waals surface area contributed by atoms with Gasteiger partial charge >= 0.3 is 0 Å². The molecule has 0 unspecified atom stereocenters. The molecule has 1 N–H and O–H groups in total. The first-order valence-electron chi connectivity index (χ1n) is 10.9. The highest BCUT2D eigenvalue weighted by Gasteiger charge is 2.32. The van der Waals surface area contributed by atoms with Crippen LogP contribution in [0.1, 0.15) is 43.4 Å². The van der Waals surface area contributed by atoms with Crippen LogP contribution in [0.15, 0.2) is 47.4 Å². The average Bonchev–Trinajstić information content (AvgIpc) is 2.82. The molecule has 8 heteroatoms. The number of nitrogens with zero attached hydrogens (tertiary/aromatic N) is 1. The van der Waals surface area contributed by atoms with Crippen LogP contribution in [0.25, 0.3) is 0 Å². The molecule has 0 spiro atoms. The maximum absolute atomic E-state index is 12.9. The molecular weight excluding hydrogens is 428 g/mol. The maximum atomic E-state index is 12.9. The fourth-order valence-electron chi connectivity index (χ4n) is 4.08. The zero-order valence-corrected chi connectivity index (χ0v) is 19.9. The number of rotatable bonds is 8. The molecule has 1 atom stereocenters. The lowest BCUT2D eigenvalue weighted by atomic mass is 9.95. The van der Waals surface area contributed by atoms with Crippen LogP contribution in [0.4, 0.5) is 0 Å². The van der Waals surface area contributed by atoms with Crippen molar-refractivity contribution in [2.24, 2.45) is 5.92 Å². The van der Waals surface area contributed by atoms with Crippen molar-refractivity contribution < 1.29 is 22.7 Å². The molecule has 1 heterocycles. The van der Waals surface area contributed by atoms with Crippen molar-refractivity contribution in [3.05, 3.63) is 53.6 Å². The normalized spacial score (nSPS) is 16.4. The van der Waals surface area contributed by atoms with Crippen LogP contribution in [0, 0.1) is 12.8 Å². The molecule has 174 valence electrons. The molecule has 32 heavy (non-hydrogen) atoms. The summed E-state index contributed by atoms with van der Waals surface area (Å²) in [6.07, 6.45) is 1.76. The number of piperidine rings is 1. The zero-order valence-electron chi connectivity index (χ0n) is 19.1. The van der Waals surface area contributed by atoms with Crippen LogP contribution in [-0.4, -0.2) is 45.9 Å². The number of hydrogen-bond donors (Lipinski definition) is 1. The van der Waals surface area contributed by atoms with Crippen LogP contribution < -0.4 is 14.8 Å². The summed E-state index contributed by atoms with van der Waals surface area (Å²) in [6, 6.07) is 12.2. The number of benzene rings is 2. The number of aryl methyl sites for hydroxylation is 1. The number of hydrogen-bond acceptors (Lipinski definition) is 5. The number of sulfonamides is 1. The predicted molar refractivity (Wildman–Crippen MR) is 123 cm³/mol. The SMILES string of the molecule is CC[C@H](NC(=O)C1CCN(S(=O)(=O)c2ccc(OC)cc2)CC1)c1ccc(OC)c(C)c1. The molecule has 0 aliphatic carbocycles.